The third-order valence-corrected chi connectivity index (χ3v) is 3.93. The highest BCUT2D eigenvalue weighted by atomic mass is 16.2. The van der Waals surface area contributed by atoms with Crippen molar-refractivity contribution < 1.29 is 9.59 Å². The summed E-state index contributed by atoms with van der Waals surface area (Å²) in [5, 5.41) is 9.34. The first-order valence-corrected chi connectivity index (χ1v) is 7.25. The van der Waals surface area contributed by atoms with E-state index in [0.29, 0.717) is 24.2 Å². The van der Waals surface area contributed by atoms with Crippen molar-refractivity contribution in [1.82, 2.24) is 15.5 Å². The van der Waals surface area contributed by atoms with Gasteiger partial charge in [0.1, 0.15) is 6.04 Å². The Balaban J connectivity index is 1.70. The smallest absolute Gasteiger partial charge is 0.255 e. The number of benzene rings is 1. The zero-order valence-corrected chi connectivity index (χ0v) is 12.6. The number of aromatic nitrogens is 2. The number of rotatable bonds is 3. The minimum absolute atomic E-state index is 0.0710. The highest BCUT2D eigenvalue weighted by Gasteiger charge is 2.34. The predicted molar refractivity (Wildman–Crippen MR) is 82.7 cm³/mol. The van der Waals surface area contributed by atoms with Gasteiger partial charge in [-0.3, -0.25) is 14.7 Å². The summed E-state index contributed by atoms with van der Waals surface area (Å²) >= 11 is 0. The Labute approximate surface area is 128 Å². The van der Waals surface area contributed by atoms with Crippen LogP contribution in [0.1, 0.15) is 28.0 Å². The van der Waals surface area contributed by atoms with E-state index >= 15 is 0 Å². The maximum absolute atomic E-state index is 12.5. The number of hydrogen-bond donors (Lipinski definition) is 2. The molecule has 0 saturated carbocycles. The van der Waals surface area contributed by atoms with Crippen molar-refractivity contribution in [3.05, 3.63) is 47.3 Å². The molecular formula is C16H18N4O2. The highest BCUT2D eigenvalue weighted by molar-refractivity contribution is 6.04. The summed E-state index contributed by atoms with van der Waals surface area (Å²) in [4.78, 5) is 26.4. The van der Waals surface area contributed by atoms with Gasteiger partial charge in [-0.25, -0.2) is 0 Å². The molecule has 6 nitrogen and oxygen atoms in total. The van der Waals surface area contributed by atoms with Crippen LogP contribution in [-0.2, 0) is 4.79 Å². The van der Waals surface area contributed by atoms with E-state index in [-0.39, 0.29) is 11.8 Å². The number of carbonyl (C=O) groups is 2. The van der Waals surface area contributed by atoms with Gasteiger partial charge in [0.05, 0.1) is 11.8 Å². The lowest BCUT2D eigenvalue weighted by atomic mass is 10.2. The normalized spacial score (nSPS) is 17.8. The summed E-state index contributed by atoms with van der Waals surface area (Å²) in [5.74, 6) is -0.339. The van der Waals surface area contributed by atoms with E-state index in [1.165, 1.54) is 6.20 Å². The van der Waals surface area contributed by atoms with E-state index in [2.05, 4.69) is 15.5 Å². The Morgan fingerprint density at radius 1 is 1.32 bits per heavy atom. The van der Waals surface area contributed by atoms with Gasteiger partial charge in [-0.15, -0.1) is 0 Å². The Morgan fingerprint density at radius 3 is 2.68 bits per heavy atom. The first-order chi connectivity index (χ1) is 10.6. The van der Waals surface area contributed by atoms with Gasteiger partial charge in [-0.05, 0) is 32.4 Å². The Hall–Kier alpha value is -2.63. The third-order valence-electron chi connectivity index (χ3n) is 3.93. The molecule has 0 bridgehead atoms. The lowest BCUT2D eigenvalue weighted by Crippen LogP contribution is -2.41. The molecule has 1 fully saturated rings. The van der Waals surface area contributed by atoms with Gasteiger partial charge in [0, 0.05) is 17.9 Å². The summed E-state index contributed by atoms with van der Waals surface area (Å²) in [5.41, 5.74) is 3.18. The van der Waals surface area contributed by atoms with Crippen molar-refractivity contribution in [2.75, 3.05) is 11.4 Å². The zero-order chi connectivity index (χ0) is 15.7. The van der Waals surface area contributed by atoms with E-state index in [9.17, 15) is 9.59 Å². The topological polar surface area (TPSA) is 78.1 Å². The van der Waals surface area contributed by atoms with Crippen LogP contribution >= 0.6 is 0 Å². The molecular weight excluding hydrogens is 280 g/mol. The minimum Gasteiger partial charge on any atom is -0.340 e. The molecule has 22 heavy (non-hydrogen) atoms. The third kappa shape index (κ3) is 2.59. The summed E-state index contributed by atoms with van der Waals surface area (Å²) in [7, 11) is 0. The van der Waals surface area contributed by atoms with Gasteiger partial charge < -0.3 is 10.2 Å². The number of anilines is 1. The molecule has 6 heteroatoms. The van der Waals surface area contributed by atoms with Gasteiger partial charge in [0.15, 0.2) is 0 Å². The lowest BCUT2D eigenvalue weighted by molar-refractivity contribution is -0.118. The summed E-state index contributed by atoms with van der Waals surface area (Å²) < 4.78 is 0. The van der Waals surface area contributed by atoms with Gasteiger partial charge in [0.25, 0.3) is 5.91 Å². The van der Waals surface area contributed by atoms with E-state index in [1.807, 2.05) is 31.2 Å². The maximum atomic E-state index is 12.5. The van der Waals surface area contributed by atoms with Crippen LogP contribution in [0.2, 0.25) is 0 Å². The largest absolute Gasteiger partial charge is 0.340 e. The molecule has 0 spiro atoms. The van der Waals surface area contributed by atoms with Gasteiger partial charge >= 0.3 is 0 Å². The SMILES string of the molecule is Cc1ccc(N2CC[C@@H](NC(=O)c3cn[nH]c3C)C2=O)cc1. The summed E-state index contributed by atoms with van der Waals surface area (Å²) in [6, 6.07) is 7.32. The van der Waals surface area contributed by atoms with Crippen molar-refractivity contribution in [3.8, 4) is 0 Å². The van der Waals surface area contributed by atoms with Crippen LogP contribution in [0.3, 0.4) is 0 Å². The second-order valence-electron chi connectivity index (χ2n) is 5.55. The summed E-state index contributed by atoms with van der Waals surface area (Å²) in [6.45, 7) is 4.39. The number of H-pyrrole nitrogens is 1. The molecule has 1 aromatic heterocycles. The van der Waals surface area contributed by atoms with E-state index in [1.54, 1.807) is 11.8 Å². The number of nitrogens with zero attached hydrogens (tertiary/aromatic N) is 2. The molecule has 2 heterocycles. The number of amides is 2. The van der Waals surface area contributed by atoms with Crippen molar-refractivity contribution in [1.29, 1.82) is 0 Å². The van der Waals surface area contributed by atoms with Gasteiger partial charge in [-0.2, -0.15) is 5.10 Å². The molecule has 2 N–H and O–H groups in total. The Kier molecular flexibility index (Phi) is 3.66. The molecule has 1 atom stereocenters. The molecule has 1 aromatic carbocycles. The van der Waals surface area contributed by atoms with Crippen molar-refractivity contribution in [2.45, 2.75) is 26.3 Å². The number of nitrogens with one attached hydrogen (secondary N) is 2. The Morgan fingerprint density at radius 2 is 2.05 bits per heavy atom. The van der Waals surface area contributed by atoms with E-state index < -0.39 is 6.04 Å². The number of aryl methyl sites for hydroxylation is 2. The van der Waals surface area contributed by atoms with Crippen LogP contribution in [0.25, 0.3) is 0 Å². The van der Waals surface area contributed by atoms with Crippen LogP contribution < -0.4 is 10.2 Å². The predicted octanol–water partition coefficient (Wildman–Crippen LogP) is 1.56. The fourth-order valence-corrected chi connectivity index (χ4v) is 2.61. The van der Waals surface area contributed by atoms with Crippen molar-refractivity contribution in [3.63, 3.8) is 0 Å². The van der Waals surface area contributed by atoms with Crippen LogP contribution in [0.15, 0.2) is 30.5 Å². The molecule has 0 aliphatic carbocycles. The average Bonchev–Trinajstić information content (AvgIpc) is 3.07. The molecule has 2 aromatic rings. The molecule has 114 valence electrons. The number of hydrogen-bond acceptors (Lipinski definition) is 3. The second-order valence-corrected chi connectivity index (χ2v) is 5.55. The van der Waals surface area contributed by atoms with Gasteiger partial charge in [0.2, 0.25) is 5.91 Å². The Bertz CT molecular complexity index is 705. The quantitative estimate of drug-likeness (QED) is 0.902. The molecule has 0 radical (unpaired) electrons. The molecule has 3 rings (SSSR count). The first-order valence-electron chi connectivity index (χ1n) is 7.25. The minimum atomic E-state index is -0.483. The molecule has 1 aliphatic rings. The average molecular weight is 298 g/mol. The lowest BCUT2D eigenvalue weighted by Gasteiger charge is -2.17. The monoisotopic (exact) mass is 298 g/mol. The molecule has 1 saturated heterocycles. The highest BCUT2D eigenvalue weighted by Crippen LogP contribution is 2.22. The van der Waals surface area contributed by atoms with Crippen LogP contribution in [-0.4, -0.2) is 34.6 Å². The van der Waals surface area contributed by atoms with E-state index in [4.69, 9.17) is 0 Å². The fraction of sp³-hybridized carbons (Fsp3) is 0.312. The molecule has 1 aliphatic heterocycles. The molecule has 2 amide bonds. The van der Waals surface area contributed by atoms with Crippen LogP contribution in [0.4, 0.5) is 5.69 Å². The van der Waals surface area contributed by atoms with Gasteiger partial charge in [-0.1, -0.05) is 17.7 Å². The first kappa shape index (κ1) is 14.3. The van der Waals surface area contributed by atoms with E-state index in [0.717, 1.165) is 11.3 Å². The van der Waals surface area contributed by atoms with Crippen molar-refractivity contribution >= 4 is 17.5 Å². The zero-order valence-electron chi connectivity index (χ0n) is 12.6. The van der Waals surface area contributed by atoms with Crippen LogP contribution in [0, 0.1) is 13.8 Å². The standard InChI is InChI=1S/C16H18N4O2/c1-10-3-5-12(6-4-10)20-8-7-14(16(20)22)18-15(21)13-9-17-19-11(13)2/h3-6,9,14H,7-8H2,1-2H3,(H,17,19)(H,18,21)/t14-/m1/s1. The second kappa shape index (κ2) is 5.63. The number of carbonyl (C=O) groups excluding carboxylic acids is 2. The van der Waals surface area contributed by atoms with Crippen molar-refractivity contribution in [2.24, 2.45) is 0 Å². The number of aromatic amines is 1. The molecule has 0 unspecified atom stereocenters. The van der Waals surface area contributed by atoms with Crippen LogP contribution in [0.5, 0.6) is 0 Å². The maximum Gasteiger partial charge on any atom is 0.255 e. The fourth-order valence-electron chi connectivity index (χ4n) is 2.61. The summed E-state index contributed by atoms with van der Waals surface area (Å²) in [6.07, 6.45) is 2.08.